The van der Waals surface area contributed by atoms with Crippen LogP contribution in [0.1, 0.15) is 16.7 Å². The molecule has 1 aliphatic carbocycles. The van der Waals surface area contributed by atoms with Gasteiger partial charge < -0.3 is 4.98 Å². The Morgan fingerprint density at radius 3 is 2.21 bits per heavy atom. The molecule has 0 saturated heterocycles. The lowest BCUT2D eigenvalue weighted by Crippen LogP contribution is -2.21. The van der Waals surface area contributed by atoms with E-state index in [1.807, 2.05) is 69.3 Å². The van der Waals surface area contributed by atoms with Crippen molar-refractivity contribution in [2.75, 3.05) is 0 Å². The van der Waals surface area contributed by atoms with Gasteiger partial charge in [-0.25, -0.2) is 0 Å². The Balaban J connectivity index is 2.17. The minimum atomic E-state index is -0.304. The van der Waals surface area contributed by atoms with Crippen LogP contribution in [-0.2, 0) is 0 Å². The van der Waals surface area contributed by atoms with Crippen LogP contribution in [0.25, 0.3) is 27.5 Å². The summed E-state index contributed by atoms with van der Waals surface area (Å²) in [7, 11) is 0. The summed E-state index contributed by atoms with van der Waals surface area (Å²) in [6, 6.07) is 19.3. The van der Waals surface area contributed by atoms with Gasteiger partial charge in [0.05, 0.1) is 16.4 Å². The van der Waals surface area contributed by atoms with E-state index in [2.05, 4.69) is 11.1 Å². The first-order valence-corrected chi connectivity index (χ1v) is 9.63. The molecule has 0 saturated carbocycles. The maximum atomic E-state index is 13.8. The molecule has 4 heteroatoms. The topological polar surface area (TPSA) is 54.9 Å². The average molecular weight is 380 g/mol. The van der Waals surface area contributed by atoms with E-state index in [0.717, 1.165) is 38.8 Å². The minimum Gasteiger partial charge on any atom is -0.352 e. The molecule has 0 aromatic heterocycles. The van der Waals surface area contributed by atoms with Gasteiger partial charge in [-0.05, 0) is 50.1 Å². The molecule has 29 heavy (non-hydrogen) atoms. The van der Waals surface area contributed by atoms with Crippen molar-refractivity contribution in [2.45, 2.75) is 20.8 Å². The van der Waals surface area contributed by atoms with Crippen LogP contribution in [0.4, 0.5) is 0 Å². The van der Waals surface area contributed by atoms with Crippen molar-refractivity contribution < 1.29 is 0 Å². The van der Waals surface area contributed by atoms with Gasteiger partial charge in [0.1, 0.15) is 5.22 Å². The van der Waals surface area contributed by atoms with Gasteiger partial charge in [0.2, 0.25) is 5.43 Å². The van der Waals surface area contributed by atoms with Crippen molar-refractivity contribution >= 4 is 21.8 Å². The lowest BCUT2D eigenvalue weighted by molar-refractivity contribution is 1.03. The summed E-state index contributed by atoms with van der Waals surface area (Å²) in [5.74, 6) is 0. The number of H-pyrrole nitrogens is 1. The summed E-state index contributed by atoms with van der Waals surface area (Å²) in [5.41, 5.74) is 5.01. The van der Waals surface area contributed by atoms with E-state index in [1.165, 1.54) is 0 Å². The number of rotatable bonds is 1. The molecule has 0 bridgehead atoms. The van der Waals surface area contributed by atoms with E-state index < -0.39 is 0 Å². The van der Waals surface area contributed by atoms with Crippen molar-refractivity contribution in [1.29, 1.82) is 0 Å². The van der Waals surface area contributed by atoms with Gasteiger partial charge in [-0.2, -0.15) is 0 Å². The summed E-state index contributed by atoms with van der Waals surface area (Å²) in [4.78, 5) is 30.4. The number of fused-ring (bicyclic) bond motifs is 3. The van der Waals surface area contributed by atoms with E-state index >= 15 is 0 Å². The molecule has 142 valence electrons. The second-order valence-corrected chi connectivity index (χ2v) is 7.70. The number of hydrogen-bond acceptors (Lipinski definition) is 2. The van der Waals surface area contributed by atoms with Crippen LogP contribution in [-0.4, -0.2) is 9.55 Å². The van der Waals surface area contributed by atoms with Crippen LogP contribution < -0.4 is 11.0 Å². The Bertz CT molecular complexity index is 1610. The quantitative estimate of drug-likeness (QED) is 0.466. The zero-order valence-electron chi connectivity index (χ0n) is 16.5. The highest BCUT2D eigenvalue weighted by Crippen LogP contribution is 2.22. The lowest BCUT2D eigenvalue weighted by atomic mass is 10.1. The number of aryl methyl sites for hydroxylation is 3. The summed E-state index contributed by atoms with van der Waals surface area (Å²) in [5, 5.41) is 2.13. The fraction of sp³-hybridized carbons (Fsp3) is 0.120. The highest BCUT2D eigenvalue weighted by molar-refractivity contribution is 5.86. The first-order chi connectivity index (χ1) is 14.0. The Hall–Kier alpha value is -3.66. The number of nitrogens with one attached hydrogen (secondary N) is 1. The van der Waals surface area contributed by atoms with Crippen LogP contribution in [0.5, 0.6) is 0 Å². The van der Waals surface area contributed by atoms with Crippen molar-refractivity contribution in [3.8, 4) is 5.69 Å². The van der Waals surface area contributed by atoms with E-state index in [9.17, 15) is 9.59 Å². The van der Waals surface area contributed by atoms with Crippen LogP contribution >= 0.6 is 0 Å². The van der Waals surface area contributed by atoms with Gasteiger partial charge in [-0.15, -0.1) is 0 Å². The molecule has 0 unspecified atom stereocenters. The Morgan fingerprint density at radius 2 is 1.48 bits per heavy atom. The molecule has 0 radical (unpaired) electrons. The number of benzene rings is 3. The van der Waals surface area contributed by atoms with Gasteiger partial charge in [0.25, 0.3) is 5.56 Å². The number of aromatic amines is 1. The van der Waals surface area contributed by atoms with Gasteiger partial charge in [-0.1, -0.05) is 48.0 Å². The predicted molar refractivity (Wildman–Crippen MR) is 117 cm³/mol. The third-order valence-electron chi connectivity index (χ3n) is 5.58. The fourth-order valence-electron chi connectivity index (χ4n) is 4.20. The van der Waals surface area contributed by atoms with Crippen molar-refractivity contribution in [3.63, 3.8) is 0 Å². The molecule has 5 rings (SSSR count). The largest absolute Gasteiger partial charge is 0.352 e. The van der Waals surface area contributed by atoms with E-state index in [1.54, 1.807) is 10.6 Å². The highest BCUT2D eigenvalue weighted by Gasteiger charge is 2.15. The third-order valence-corrected chi connectivity index (χ3v) is 5.58. The van der Waals surface area contributed by atoms with E-state index in [0.29, 0.717) is 10.7 Å². The zero-order valence-corrected chi connectivity index (χ0v) is 16.5. The molecule has 2 aliphatic rings. The molecule has 0 amide bonds. The Kier molecular flexibility index (Phi) is 3.71. The fourth-order valence-corrected chi connectivity index (χ4v) is 4.20. The molecular formula is C25H20N2O2. The molecule has 1 N–H and O–H groups in total. The maximum absolute atomic E-state index is 13.8. The highest BCUT2D eigenvalue weighted by atomic mass is 16.1. The first-order valence-electron chi connectivity index (χ1n) is 9.63. The van der Waals surface area contributed by atoms with Gasteiger partial charge in [0.15, 0.2) is 0 Å². The molecule has 0 atom stereocenters. The normalized spacial score (nSPS) is 11.6. The van der Waals surface area contributed by atoms with Crippen LogP contribution in [0.2, 0.25) is 0 Å². The number of hydrogen-bond donors (Lipinski definition) is 1. The van der Waals surface area contributed by atoms with Gasteiger partial charge >= 0.3 is 0 Å². The smallest absolute Gasteiger partial charge is 0.269 e. The lowest BCUT2D eigenvalue weighted by Gasteiger charge is -2.10. The van der Waals surface area contributed by atoms with E-state index in [-0.39, 0.29) is 16.2 Å². The first kappa shape index (κ1) is 17.4. The number of nitrogens with zero attached hydrogens (tertiary/aromatic N) is 1. The van der Waals surface area contributed by atoms with E-state index in [4.69, 9.17) is 0 Å². The second-order valence-electron chi connectivity index (χ2n) is 7.70. The summed E-state index contributed by atoms with van der Waals surface area (Å²) < 4.78 is 1.66. The molecule has 3 aromatic rings. The molecule has 1 heterocycles. The molecule has 4 nitrogen and oxygen atoms in total. The predicted octanol–water partition coefficient (Wildman–Crippen LogP) is 4.48. The molecule has 1 aliphatic heterocycles. The second kappa shape index (κ2) is 6.17. The maximum Gasteiger partial charge on any atom is 0.269 e. The third kappa shape index (κ3) is 2.53. The molecule has 0 spiro atoms. The SMILES string of the molecule is Cc1ccc(-n2c(=O)c3c(=O)c4ccccc4c=3[nH]c3c(C)cc(C)cc32)cc1. The standard InChI is InChI=1S/C25H20N2O2/c1-14-8-10-17(11-9-14)27-20-13-15(2)12-16(3)22(20)26-23-18-6-4-5-7-19(18)24(28)21(23)25(27)29/h4-13,26H,1-3H3. The average Bonchev–Trinajstić information content (AvgIpc) is 2.90. The zero-order chi connectivity index (χ0) is 20.3. The van der Waals surface area contributed by atoms with Crippen molar-refractivity contribution in [1.82, 2.24) is 9.55 Å². The molecule has 0 fully saturated rings. The summed E-state index contributed by atoms with van der Waals surface area (Å²) >= 11 is 0. The molecule has 3 aromatic carbocycles. The van der Waals surface area contributed by atoms with Crippen molar-refractivity contribution in [3.05, 3.63) is 108 Å². The van der Waals surface area contributed by atoms with Crippen LogP contribution in [0.3, 0.4) is 0 Å². The summed E-state index contributed by atoms with van der Waals surface area (Å²) in [6.45, 7) is 6.04. The van der Waals surface area contributed by atoms with Gasteiger partial charge in [-0.3, -0.25) is 14.2 Å². The summed E-state index contributed by atoms with van der Waals surface area (Å²) in [6.07, 6.45) is 0. The monoisotopic (exact) mass is 380 g/mol. The Morgan fingerprint density at radius 1 is 0.793 bits per heavy atom. The van der Waals surface area contributed by atoms with Crippen molar-refractivity contribution in [2.24, 2.45) is 0 Å². The van der Waals surface area contributed by atoms with Crippen LogP contribution in [0.15, 0.2) is 70.3 Å². The molecular weight excluding hydrogens is 360 g/mol. The minimum absolute atomic E-state index is 0.194. The Labute approximate surface area is 166 Å². The van der Waals surface area contributed by atoms with Crippen LogP contribution in [0, 0.1) is 31.3 Å². The van der Waals surface area contributed by atoms with Gasteiger partial charge in [0, 0.05) is 16.5 Å². The number of aromatic nitrogens is 2.